The fourth-order valence-electron chi connectivity index (χ4n) is 11.6. The topological polar surface area (TPSA) is 126 Å². The van der Waals surface area contributed by atoms with Crippen LogP contribution >= 0.6 is 0 Å². The molecule has 5 aliphatic carbocycles. The Kier molecular flexibility index (Phi) is 5.56. The zero-order valence-electron chi connectivity index (χ0n) is 23.9. The van der Waals surface area contributed by atoms with E-state index in [-0.39, 0.29) is 63.7 Å². The number of aliphatic hydroxyl groups is 4. The molecule has 4 saturated carbocycles. The van der Waals surface area contributed by atoms with Crippen molar-refractivity contribution in [2.75, 3.05) is 6.61 Å². The van der Waals surface area contributed by atoms with Crippen molar-refractivity contribution in [2.45, 2.75) is 122 Å². The predicted octanol–water partition coefficient (Wildman–Crippen LogP) is 2.70. The summed E-state index contributed by atoms with van der Waals surface area (Å²) in [6.45, 7) is 11.3. The van der Waals surface area contributed by atoms with E-state index in [0.717, 1.165) is 38.5 Å². The minimum Gasteiger partial charge on any atom is -0.462 e. The fraction of sp³-hybridized carbons (Fsp3) is 0.903. The maximum absolute atomic E-state index is 12.4. The smallest absolute Gasteiger partial charge is 0.306 e. The molecule has 0 radical (unpaired) electrons. The highest BCUT2D eigenvalue weighted by atomic mass is 16.7. The second kappa shape index (κ2) is 8.07. The molecule has 218 valence electrons. The summed E-state index contributed by atoms with van der Waals surface area (Å²) in [7, 11) is 0. The highest BCUT2D eigenvalue weighted by Crippen LogP contribution is 2.88. The predicted molar refractivity (Wildman–Crippen MR) is 140 cm³/mol. The summed E-state index contributed by atoms with van der Waals surface area (Å²) < 4.78 is 18.0. The Morgan fingerprint density at radius 1 is 1.05 bits per heavy atom. The SMILES string of the molecule is C[C@@H]1CC(=O)OC2C[C@@]3(C)C4=CC[C@H]5C(C)(C)[C@@H](O[C@@H]6OC[C@@H](O)[C@H](O)[C@H]6O)CC[C@@]56C[C@@]46[C@@H](O)C[C@]3(C)[C@H]21. The van der Waals surface area contributed by atoms with Crippen molar-refractivity contribution in [1.29, 1.82) is 0 Å². The lowest BCUT2D eigenvalue weighted by molar-refractivity contribution is -0.301. The van der Waals surface area contributed by atoms with Gasteiger partial charge in [0.2, 0.25) is 0 Å². The van der Waals surface area contributed by atoms with E-state index in [1.807, 2.05) is 0 Å². The monoisotopic (exact) mass is 546 g/mol. The lowest BCUT2D eigenvalue weighted by atomic mass is 9.44. The van der Waals surface area contributed by atoms with Crippen LogP contribution in [0, 0.1) is 44.8 Å². The van der Waals surface area contributed by atoms with Gasteiger partial charge in [-0.2, -0.15) is 0 Å². The Morgan fingerprint density at radius 2 is 1.79 bits per heavy atom. The van der Waals surface area contributed by atoms with E-state index in [2.05, 4.69) is 40.7 Å². The number of ether oxygens (including phenoxy) is 3. The van der Waals surface area contributed by atoms with Crippen LogP contribution in [-0.4, -0.2) is 75.9 Å². The Hall–Kier alpha value is -1.03. The molecule has 39 heavy (non-hydrogen) atoms. The van der Waals surface area contributed by atoms with Crippen LogP contribution in [0.15, 0.2) is 11.6 Å². The van der Waals surface area contributed by atoms with E-state index < -0.39 is 30.7 Å². The number of fused-ring (bicyclic) bond motifs is 4. The summed E-state index contributed by atoms with van der Waals surface area (Å²) in [4.78, 5) is 12.4. The summed E-state index contributed by atoms with van der Waals surface area (Å²) >= 11 is 0. The Balaban J connectivity index is 1.21. The Morgan fingerprint density at radius 3 is 2.54 bits per heavy atom. The average Bonchev–Trinajstić information content (AvgIpc) is 3.48. The molecule has 0 amide bonds. The van der Waals surface area contributed by atoms with Crippen LogP contribution in [0.5, 0.6) is 0 Å². The number of hydrogen-bond acceptors (Lipinski definition) is 8. The number of aliphatic hydroxyl groups excluding tert-OH is 4. The third kappa shape index (κ3) is 3.09. The average molecular weight is 547 g/mol. The summed E-state index contributed by atoms with van der Waals surface area (Å²) in [5, 5.41) is 42.6. The summed E-state index contributed by atoms with van der Waals surface area (Å²) in [6, 6.07) is 0. The lowest BCUT2D eigenvalue weighted by Crippen LogP contribution is -2.59. The molecule has 2 aliphatic heterocycles. The number of esters is 1. The van der Waals surface area contributed by atoms with Gasteiger partial charge >= 0.3 is 5.97 Å². The van der Waals surface area contributed by atoms with Crippen LogP contribution in [0.3, 0.4) is 0 Å². The van der Waals surface area contributed by atoms with Gasteiger partial charge in [-0.1, -0.05) is 46.3 Å². The number of rotatable bonds is 2. The van der Waals surface area contributed by atoms with E-state index in [4.69, 9.17) is 14.2 Å². The van der Waals surface area contributed by atoms with Gasteiger partial charge in [0.05, 0.1) is 18.8 Å². The van der Waals surface area contributed by atoms with Crippen molar-refractivity contribution in [3.05, 3.63) is 11.6 Å². The summed E-state index contributed by atoms with van der Waals surface area (Å²) in [5.74, 6) is 0.723. The first-order chi connectivity index (χ1) is 18.2. The van der Waals surface area contributed by atoms with E-state index >= 15 is 0 Å². The normalized spacial score (nSPS) is 59.1. The van der Waals surface area contributed by atoms with E-state index in [1.54, 1.807) is 0 Å². The number of allylic oxidation sites excluding steroid dienone is 1. The zero-order valence-corrected chi connectivity index (χ0v) is 23.9. The van der Waals surface area contributed by atoms with E-state index in [9.17, 15) is 25.2 Å². The van der Waals surface area contributed by atoms with E-state index in [0.29, 0.717) is 12.3 Å². The molecule has 0 aromatic rings. The standard InChI is InChI=1S/C31H46O8/c1-15-10-22(34)38-17-11-28(4)19-7-6-18-27(2,3)21(39-26-25(36)24(35)16(32)13-37-26)8-9-30(18)14-31(19,30)20(33)12-29(28,5)23(15)17/h7,15-18,20-21,23-26,32-33,35-36H,6,8-14H2,1-5H3/t15-,16-,17?,18+,20+,21+,23+,24+,25-,26+,28+,29-,30-,31+/m1/s1. The molecule has 14 atom stereocenters. The van der Waals surface area contributed by atoms with Crippen LogP contribution in [0.2, 0.25) is 0 Å². The van der Waals surface area contributed by atoms with Crippen LogP contribution in [-0.2, 0) is 19.0 Å². The van der Waals surface area contributed by atoms with Gasteiger partial charge < -0.3 is 34.6 Å². The van der Waals surface area contributed by atoms with Crippen LogP contribution in [0.1, 0.15) is 79.6 Å². The summed E-state index contributed by atoms with van der Waals surface area (Å²) in [5.41, 5.74) is 0.687. The minimum atomic E-state index is -1.30. The minimum absolute atomic E-state index is 0.00199. The van der Waals surface area contributed by atoms with Crippen molar-refractivity contribution in [3.63, 3.8) is 0 Å². The number of carbonyl (C=O) groups excluding carboxylic acids is 1. The molecule has 7 rings (SSSR count). The zero-order chi connectivity index (χ0) is 27.9. The van der Waals surface area contributed by atoms with Crippen LogP contribution in [0.25, 0.3) is 0 Å². The maximum atomic E-state index is 12.4. The van der Waals surface area contributed by atoms with Gasteiger partial charge in [0.25, 0.3) is 0 Å². The Bertz CT molecular complexity index is 1100. The van der Waals surface area contributed by atoms with Crippen LogP contribution in [0.4, 0.5) is 0 Å². The molecule has 6 fully saturated rings. The molecule has 0 aromatic heterocycles. The molecular weight excluding hydrogens is 500 g/mol. The molecule has 8 heteroatoms. The third-order valence-corrected chi connectivity index (χ3v) is 13.6. The molecule has 2 heterocycles. The van der Waals surface area contributed by atoms with Crippen molar-refractivity contribution < 1.29 is 39.4 Å². The lowest BCUT2D eigenvalue weighted by Gasteiger charge is -2.61. The van der Waals surface area contributed by atoms with Crippen molar-refractivity contribution >= 4 is 5.97 Å². The van der Waals surface area contributed by atoms with Gasteiger partial charge in [-0.15, -0.1) is 0 Å². The molecule has 2 saturated heterocycles. The van der Waals surface area contributed by atoms with Crippen molar-refractivity contribution in [3.8, 4) is 0 Å². The van der Waals surface area contributed by atoms with Gasteiger partial charge in [0, 0.05) is 17.8 Å². The maximum Gasteiger partial charge on any atom is 0.306 e. The van der Waals surface area contributed by atoms with Crippen molar-refractivity contribution in [2.24, 2.45) is 44.8 Å². The molecule has 1 unspecified atom stereocenters. The number of carbonyl (C=O) groups is 1. The second-order valence-corrected chi connectivity index (χ2v) is 15.4. The summed E-state index contributed by atoms with van der Waals surface area (Å²) in [6.07, 6.45) is 2.70. The molecule has 0 aromatic carbocycles. The molecule has 0 bridgehead atoms. The first-order valence-electron chi connectivity index (χ1n) is 15.1. The van der Waals surface area contributed by atoms with E-state index in [1.165, 1.54) is 5.57 Å². The fourth-order valence-corrected chi connectivity index (χ4v) is 11.6. The molecule has 8 nitrogen and oxygen atoms in total. The molecule has 2 spiro atoms. The van der Waals surface area contributed by atoms with Crippen LogP contribution < -0.4 is 0 Å². The molecular formula is C31H46O8. The second-order valence-electron chi connectivity index (χ2n) is 15.4. The highest BCUT2D eigenvalue weighted by Gasteiger charge is 2.84. The highest BCUT2D eigenvalue weighted by molar-refractivity contribution is 5.71. The Labute approximate surface area is 231 Å². The number of hydrogen-bond donors (Lipinski definition) is 4. The third-order valence-electron chi connectivity index (χ3n) is 13.6. The van der Waals surface area contributed by atoms with Gasteiger partial charge in [-0.05, 0) is 72.0 Å². The van der Waals surface area contributed by atoms with Gasteiger partial charge in [-0.25, -0.2) is 0 Å². The molecule has 7 aliphatic rings. The molecule has 4 N–H and O–H groups in total. The largest absolute Gasteiger partial charge is 0.462 e. The quantitative estimate of drug-likeness (QED) is 0.308. The van der Waals surface area contributed by atoms with Gasteiger partial charge in [-0.3, -0.25) is 4.79 Å². The first-order valence-corrected chi connectivity index (χ1v) is 15.1. The first kappa shape index (κ1) is 26.8. The van der Waals surface area contributed by atoms with Crippen molar-refractivity contribution in [1.82, 2.24) is 0 Å². The van der Waals surface area contributed by atoms with Gasteiger partial charge in [0.15, 0.2) is 6.29 Å². The van der Waals surface area contributed by atoms with Gasteiger partial charge in [0.1, 0.15) is 24.4 Å².